The highest BCUT2D eigenvalue weighted by Crippen LogP contribution is 2.31. The van der Waals surface area contributed by atoms with Gasteiger partial charge in [-0.2, -0.15) is 4.98 Å². The molecule has 0 fully saturated rings. The maximum absolute atomic E-state index is 13.7. The lowest BCUT2D eigenvalue weighted by atomic mass is 10.1. The van der Waals surface area contributed by atoms with Crippen molar-refractivity contribution in [1.29, 1.82) is 0 Å². The van der Waals surface area contributed by atoms with Gasteiger partial charge in [0.15, 0.2) is 0 Å². The van der Waals surface area contributed by atoms with Gasteiger partial charge in [-0.3, -0.25) is 0 Å². The number of hydrogen-bond donors (Lipinski definition) is 0. The fourth-order valence-electron chi connectivity index (χ4n) is 2.87. The fraction of sp³-hybridized carbons (Fsp3) is 0.211. The summed E-state index contributed by atoms with van der Waals surface area (Å²) in [5.41, 5.74) is 3.23. The van der Waals surface area contributed by atoms with Crippen LogP contribution in [0.15, 0.2) is 41.2 Å². The molecule has 0 amide bonds. The van der Waals surface area contributed by atoms with Gasteiger partial charge < -0.3 is 8.92 Å². The van der Waals surface area contributed by atoms with E-state index in [4.69, 9.17) is 16.1 Å². The molecule has 144 valence electrons. The maximum Gasteiger partial charge on any atom is 0.278 e. The van der Waals surface area contributed by atoms with E-state index >= 15 is 0 Å². The van der Waals surface area contributed by atoms with Crippen molar-refractivity contribution < 1.29 is 13.3 Å². The Kier molecular flexibility index (Phi) is 4.86. The van der Waals surface area contributed by atoms with Crippen LogP contribution in [0.1, 0.15) is 23.6 Å². The molecule has 9 heteroatoms. The smallest absolute Gasteiger partial charge is 0.278 e. The molecule has 4 rings (SSSR count). The Morgan fingerprint density at radius 2 is 2.00 bits per heavy atom. The number of fused-ring (bicyclic) bond motifs is 1. The summed E-state index contributed by atoms with van der Waals surface area (Å²) < 4.78 is 35.1. The molecule has 0 atom stereocenters. The first-order valence-corrected chi connectivity index (χ1v) is 10.2. The van der Waals surface area contributed by atoms with Gasteiger partial charge in [0.1, 0.15) is 11.3 Å². The standard InChI is InChI=1S/C19H14ClF2IN4O/c1-10-5-12(19(2,21)22)8-27-9-15(24-17(10)27)18-25-16(26-28-18)13-4-3-11(7-23)6-14(13)20/h3-6,8-9H,7H2,1-2H3. The summed E-state index contributed by atoms with van der Waals surface area (Å²) in [5.74, 6) is -2.41. The van der Waals surface area contributed by atoms with E-state index in [1.54, 1.807) is 17.5 Å². The Labute approximate surface area is 177 Å². The van der Waals surface area contributed by atoms with Crippen molar-refractivity contribution in [2.45, 2.75) is 24.2 Å². The third-order valence-electron chi connectivity index (χ3n) is 4.32. The fourth-order valence-corrected chi connectivity index (χ4v) is 3.63. The minimum atomic E-state index is -2.94. The summed E-state index contributed by atoms with van der Waals surface area (Å²) in [6, 6.07) is 7.08. The van der Waals surface area contributed by atoms with E-state index in [-0.39, 0.29) is 11.5 Å². The lowest BCUT2D eigenvalue weighted by Gasteiger charge is -2.11. The molecule has 0 spiro atoms. The molecule has 0 aliphatic rings. The van der Waals surface area contributed by atoms with Crippen LogP contribution in [0, 0.1) is 6.92 Å². The van der Waals surface area contributed by atoms with Crippen molar-refractivity contribution in [3.05, 3.63) is 58.4 Å². The Balaban J connectivity index is 1.75. The zero-order valence-electron chi connectivity index (χ0n) is 14.9. The number of imidazole rings is 1. The number of rotatable bonds is 4. The zero-order chi connectivity index (χ0) is 20.1. The van der Waals surface area contributed by atoms with Gasteiger partial charge in [0.05, 0.1) is 5.02 Å². The summed E-state index contributed by atoms with van der Waals surface area (Å²) in [5, 5.41) is 4.52. The first-order valence-electron chi connectivity index (χ1n) is 8.33. The van der Waals surface area contributed by atoms with Crippen LogP contribution in [-0.4, -0.2) is 19.5 Å². The summed E-state index contributed by atoms with van der Waals surface area (Å²) in [7, 11) is 0. The second-order valence-electron chi connectivity index (χ2n) is 6.53. The monoisotopic (exact) mass is 514 g/mol. The van der Waals surface area contributed by atoms with Crippen LogP contribution in [-0.2, 0) is 10.4 Å². The highest BCUT2D eigenvalue weighted by molar-refractivity contribution is 14.1. The first kappa shape index (κ1) is 19.3. The quantitative estimate of drug-likeness (QED) is 0.245. The normalized spacial score (nSPS) is 12.1. The van der Waals surface area contributed by atoms with Gasteiger partial charge in [-0.05, 0) is 36.2 Å². The molecular formula is C19H14ClF2IN4O. The van der Waals surface area contributed by atoms with Crippen LogP contribution < -0.4 is 0 Å². The Morgan fingerprint density at radius 1 is 1.21 bits per heavy atom. The highest BCUT2D eigenvalue weighted by atomic mass is 127. The molecule has 0 saturated heterocycles. The van der Waals surface area contributed by atoms with E-state index in [9.17, 15) is 8.78 Å². The largest absolute Gasteiger partial charge is 0.332 e. The van der Waals surface area contributed by atoms with Crippen molar-refractivity contribution >= 4 is 39.8 Å². The SMILES string of the molecule is Cc1cc(C(C)(F)F)cn2cc(-c3nc(-c4ccc(CI)cc4Cl)no3)nc12. The lowest BCUT2D eigenvalue weighted by molar-refractivity contribution is 0.0170. The van der Waals surface area contributed by atoms with Crippen molar-refractivity contribution in [1.82, 2.24) is 19.5 Å². The molecule has 0 unspecified atom stereocenters. The molecule has 28 heavy (non-hydrogen) atoms. The van der Waals surface area contributed by atoms with Crippen LogP contribution in [0.4, 0.5) is 8.78 Å². The van der Waals surface area contributed by atoms with Crippen LogP contribution >= 0.6 is 34.2 Å². The van der Waals surface area contributed by atoms with E-state index in [1.807, 2.05) is 18.2 Å². The van der Waals surface area contributed by atoms with E-state index < -0.39 is 5.92 Å². The van der Waals surface area contributed by atoms with Crippen molar-refractivity contribution in [3.63, 3.8) is 0 Å². The van der Waals surface area contributed by atoms with Gasteiger partial charge in [-0.1, -0.05) is 45.4 Å². The maximum atomic E-state index is 13.7. The number of pyridine rings is 1. The van der Waals surface area contributed by atoms with Crippen molar-refractivity contribution in [2.24, 2.45) is 0 Å². The average molecular weight is 515 g/mol. The second kappa shape index (κ2) is 7.07. The van der Waals surface area contributed by atoms with Crippen LogP contribution in [0.5, 0.6) is 0 Å². The molecule has 0 aliphatic heterocycles. The average Bonchev–Trinajstić information content (AvgIpc) is 3.27. The molecule has 0 aliphatic carbocycles. The predicted octanol–water partition coefficient (Wildman–Crippen LogP) is 6.06. The number of aryl methyl sites for hydroxylation is 1. The summed E-state index contributed by atoms with van der Waals surface area (Å²) in [4.78, 5) is 8.83. The van der Waals surface area contributed by atoms with Gasteiger partial charge in [0, 0.05) is 34.9 Å². The highest BCUT2D eigenvalue weighted by Gasteiger charge is 2.26. The van der Waals surface area contributed by atoms with E-state index in [2.05, 4.69) is 37.7 Å². The molecule has 0 N–H and O–H groups in total. The Morgan fingerprint density at radius 3 is 2.68 bits per heavy atom. The third kappa shape index (κ3) is 3.50. The van der Waals surface area contributed by atoms with E-state index in [0.29, 0.717) is 33.3 Å². The van der Waals surface area contributed by atoms with E-state index in [1.165, 1.54) is 12.3 Å². The third-order valence-corrected chi connectivity index (χ3v) is 5.51. The zero-order valence-corrected chi connectivity index (χ0v) is 17.8. The summed E-state index contributed by atoms with van der Waals surface area (Å²) in [6.45, 7) is 2.60. The topological polar surface area (TPSA) is 56.2 Å². The van der Waals surface area contributed by atoms with Crippen molar-refractivity contribution in [2.75, 3.05) is 0 Å². The van der Waals surface area contributed by atoms with Gasteiger partial charge >= 0.3 is 0 Å². The summed E-state index contributed by atoms with van der Waals surface area (Å²) in [6.07, 6.45) is 2.95. The number of aromatic nitrogens is 4. The molecule has 0 bridgehead atoms. The predicted molar refractivity (Wildman–Crippen MR) is 111 cm³/mol. The number of hydrogen-bond acceptors (Lipinski definition) is 4. The number of halogens is 4. The second-order valence-corrected chi connectivity index (χ2v) is 7.70. The van der Waals surface area contributed by atoms with Gasteiger partial charge in [-0.15, -0.1) is 0 Å². The number of benzene rings is 1. The molecule has 4 aromatic rings. The van der Waals surface area contributed by atoms with E-state index in [0.717, 1.165) is 16.9 Å². The molecule has 0 saturated carbocycles. The Hall–Kier alpha value is -2.07. The number of alkyl halides is 3. The molecule has 5 nitrogen and oxygen atoms in total. The minimum Gasteiger partial charge on any atom is -0.332 e. The lowest BCUT2D eigenvalue weighted by Crippen LogP contribution is -2.08. The van der Waals surface area contributed by atoms with Gasteiger partial charge in [-0.25, -0.2) is 13.8 Å². The van der Waals surface area contributed by atoms with Gasteiger partial charge in [0.2, 0.25) is 5.82 Å². The van der Waals surface area contributed by atoms with Crippen LogP contribution in [0.25, 0.3) is 28.6 Å². The first-order chi connectivity index (χ1) is 13.3. The van der Waals surface area contributed by atoms with Crippen molar-refractivity contribution in [3.8, 4) is 23.0 Å². The molecule has 3 aromatic heterocycles. The Bertz CT molecular complexity index is 1180. The van der Waals surface area contributed by atoms with Crippen LogP contribution in [0.3, 0.4) is 0 Å². The minimum absolute atomic E-state index is 0.0881. The molecular weight excluding hydrogens is 501 g/mol. The molecule has 3 heterocycles. The number of nitrogens with zero attached hydrogens (tertiary/aromatic N) is 4. The van der Waals surface area contributed by atoms with Gasteiger partial charge in [0.25, 0.3) is 11.8 Å². The van der Waals surface area contributed by atoms with Crippen LogP contribution in [0.2, 0.25) is 5.02 Å². The molecule has 1 aromatic carbocycles. The molecule has 0 radical (unpaired) electrons. The summed E-state index contributed by atoms with van der Waals surface area (Å²) >= 11 is 8.59.